The number of benzene rings is 2. The third-order valence-electron chi connectivity index (χ3n) is 6.17. The van der Waals surface area contributed by atoms with Gasteiger partial charge in [-0.1, -0.05) is 30.3 Å². The van der Waals surface area contributed by atoms with Crippen LogP contribution in [0.3, 0.4) is 0 Å². The Labute approximate surface area is 191 Å². The Bertz CT molecular complexity index is 1310. The van der Waals surface area contributed by atoms with E-state index >= 15 is 0 Å². The van der Waals surface area contributed by atoms with Gasteiger partial charge in [-0.3, -0.25) is 9.88 Å². The number of aromatic hydroxyl groups is 1. The van der Waals surface area contributed by atoms with Gasteiger partial charge >= 0.3 is 5.97 Å². The third kappa shape index (κ3) is 3.63. The molecular formula is C26H26N2O5. The van der Waals surface area contributed by atoms with Gasteiger partial charge in [0.05, 0.1) is 31.6 Å². The molecule has 2 aromatic carbocycles. The van der Waals surface area contributed by atoms with Gasteiger partial charge in [0.1, 0.15) is 22.7 Å². The second-order valence-corrected chi connectivity index (χ2v) is 8.07. The monoisotopic (exact) mass is 446 g/mol. The predicted octanol–water partition coefficient (Wildman–Crippen LogP) is 4.59. The van der Waals surface area contributed by atoms with E-state index in [1.54, 1.807) is 20.0 Å². The minimum Gasteiger partial charge on any atom is -0.507 e. The van der Waals surface area contributed by atoms with Gasteiger partial charge in [0.25, 0.3) is 0 Å². The number of nitrogens with zero attached hydrogens (tertiary/aromatic N) is 2. The van der Waals surface area contributed by atoms with Crippen molar-refractivity contribution in [3.05, 3.63) is 71.2 Å². The number of morpholine rings is 1. The van der Waals surface area contributed by atoms with Crippen LogP contribution >= 0.6 is 0 Å². The maximum absolute atomic E-state index is 13.1. The Morgan fingerprint density at radius 3 is 2.58 bits per heavy atom. The molecule has 7 nitrogen and oxygen atoms in total. The third-order valence-corrected chi connectivity index (χ3v) is 6.17. The van der Waals surface area contributed by atoms with Gasteiger partial charge in [-0.05, 0) is 26.0 Å². The fraction of sp³-hybridized carbons (Fsp3) is 0.308. The van der Waals surface area contributed by atoms with Crippen LogP contribution in [0.5, 0.6) is 5.75 Å². The van der Waals surface area contributed by atoms with Crippen LogP contribution in [0.15, 0.2) is 53.1 Å². The van der Waals surface area contributed by atoms with Gasteiger partial charge in [-0.15, -0.1) is 0 Å². The molecular weight excluding hydrogens is 420 g/mol. The van der Waals surface area contributed by atoms with Crippen molar-refractivity contribution in [2.45, 2.75) is 19.9 Å². The van der Waals surface area contributed by atoms with Gasteiger partial charge in [0, 0.05) is 41.0 Å². The second-order valence-electron chi connectivity index (χ2n) is 8.07. The molecule has 170 valence electrons. The van der Waals surface area contributed by atoms with Gasteiger partial charge in [0.15, 0.2) is 0 Å². The number of esters is 1. The molecule has 3 heterocycles. The number of pyridine rings is 1. The van der Waals surface area contributed by atoms with Gasteiger partial charge in [-0.2, -0.15) is 0 Å². The zero-order chi connectivity index (χ0) is 22.9. The van der Waals surface area contributed by atoms with Crippen LogP contribution in [-0.2, 0) is 9.47 Å². The van der Waals surface area contributed by atoms with Crippen molar-refractivity contribution in [2.24, 2.45) is 0 Å². The summed E-state index contributed by atoms with van der Waals surface area (Å²) in [5.41, 5.74) is 2.29. The summed E-state index contributed by atoms with van der Waals surface area (Å²) in [6.45, 7) is 6.26. The topological polar surface area (TPSA) is 85.0 Å². The standard InChI is InChI=1S/C26H26N2O5/c1-3-32-26(30)20-16(2)33-25-18-9-5-4-8-17(18)24(29)22(21(20)25)23(19-10-6-7-11-27-19)28-12-14-31-15-13-28/h4-11,23,29H,3,12-15H2,1-2H3/t23-/m1/s1. The van der Waals surface area contributed by atoms with Gasteiger partial charge in [0.2, 0.25) is 0 Å². The van der Waals surface area contributed by atoms with E-state index in [2.05, 4.69) is 9.88 Å². The zero-order valence-corrected chi connectivity index (χ0v) is 18.7. The smallest absolute Gasteiger partial charge is 0.342 e. The molecule has 1 N–H and O–H groups in total. The Morgan fingerprint density at radius 1 is 1.15 bits per heavy atom. The van der Waals surface area contributed by atoms with Crippen LogP contribution in [0, 0.1) is 6.92 Å². The van der Waals surface area contributed by atoms with Crippen molar-refractivity contribution in [1.29, 1.82) is 0 Å². The lowest BCUT2D eigenvalue weighted by Crippen LogP contribution is -2.40. The normalized spacial score (nSPS) is 15.7. The Kier molecular flexibility index (Phi) is 5.74. The van der Waals surface area contributed by atoms with E-state index in [1.165, 1.54) is 0 Å². The van der Waals surface area contributed by atoms with Crippen LogP contribution in [0.2, 0.25) is 0 Å². The number of carbonyl (C=O) groups excluding carboxylic acids is 1. The fourth-order valence-corrected chi connectivity index (χ4v) is 4.75. The number of ether oxygens (including phenoxy) is 2. The fourth-order valence-electron chi connectivity index (χ4n) is 4.75. The minimum atomic E-state index is -0.466. The quantitative estimate of drug-likeness (QED) is 0.449. The lowest BCUT2D eigenvalue weighted by molar-refractivity contribution is 0.0231. The molecule has 2 aromatic heterocycles. The van der Waals surface area contributed by atoms with E-state index in [0.29, 0.717) is 59.5 Å². The van der Waals surface area contributed by atoms with Crippen molar-refractivity contribution in [1.82, 2.24) is 9.88 Å². The van der Waals surface area contributed by atoms with Crippen molar-refractivity contribution < 1.29 is 23.8 Å². The molecule has 1 atom stereocenters. The summed E-state index contributed by atoms with van der Waals surface area (Å²) in [5.74, 6) is 0.111. The molecule has 0 amide bonds. The minimum absolute atomic E-state index is 0.117. The van der Waals surface area contributed by atoms with Crippen molar-refractivity contribution >= 4 is 27.7 Å². The van der Waals surface area contributed by atoms with E-state index < -0.39 is 12.0 Å². The molecule has 0 aliphatic carbocycles. The summed E-state index contributed by atoms with van der Waals surface area (Å²) in [6, 6.07) is 12.9. The summed E-state index contributed by atoms with van der Waals surface area (Å²) in [6.07, 6.45) is 1.74. The molecule has 0 bridgehead atoms. The average molecular weight is 447 g/mol. The Morgan fingerprint density at radius 2 is 1.88 bits per heavy atom. The molecule has 1 aliphatic heterocycles. The number of phenolic OH excluding ortho intramolecular Hbond substituents is 1. The number of hydrogen-bond donors (Lipinski definition) is 1. The van der Waals surface area contributed by atoms with Crippen LogP contribution in [-0.4, -0.2) is 53.9 Å². The maximum atomic E-state index is 13.1. The molecule has 4 aromatic rings. The summed E-state index contributed by atoms with van der Waals surface area (Å²) < 4.78 is 17.1. The lowest BCUT2D eigenvalue weighted by atomic mass is 9.90. The van der Waals surface area contributed by atoms with Crippen LogP contribution in [0.4, 0.5) is 0 Å². The number of phenols is 1. The molecule has 1 aliphatic rings. The summed E-state index contributed by atoms with van der Waals surface area (Å²) in [7, 11) is 0. The predicted molar refractivity (Wildman–Crippen MR) is 125 cm³/mol. The lowest BCUT2D eigenvalue weighted by Gasteiger charge is -2.35. The SMILES string of the molecule is CCOC(=O)c1c(C)oc2c1c([C@@H](c1ccccn1)N1CCOCC1)c(O)c1ccccc12. The first-order valence-electron chi connectivity index (χ1n) is 11.2. The molecule has 33 heavy (non-hydrogen) atoms. The highest BCUT2D eigenvalue weighted by Gasteiger charge is 2.34. The van der Waals surface area contributed by atoms with Gasteiger partial charge < -0.3 is 19.0 Å². The van der Waals surface area contributed by atoms with Crippen molar-refractivity contribution in [3.8, 4) is 5.75 Å². The maximum Gasteiger partial charge on any atom is 0.342 e. The second kappa shape index (κ2) is 8.84. The van der Waals surface area contributed by atoms with E-state index in [9.17, 15) is 9.90 Å². The number of aromatic nitrogens is 1. The van der Waals surface area contributed by atoms with Crippen LogP contribution in [0.1, 0.15) is 40.3 Å². The molecule has 0 radical (unpaired) electrons. The molecule has 0 spiro atoms. The van der Waals surface area contributed by atoms with Crippen LogP contribution < -0.4 is 0 Å². The number of hydrogen-bond acceptors (Lipinski definition) is 7. The molecule has 0 unspecified atom stereocenters. The first-order valence-corrected chi connectivity index (χ1v) is 11.2. The number of fused-ring (bicyclic) bond motifs is 3. The van der Waals surface area contributed by atoms with E-state index in [0.717, 1.165) is 11.1 Å². The highest BCUT2D eigenvalue weighted by molar-refractivity contribution is 6.16. The van der Waals surface area contributed by atoms with Crippen molar-refractivity contribution in [2.75, 3.05) is 32.9 Å². The molecule has 1 fully saturated rings. The molecule has 5 rings (SSSR count). The Balaban J connectivity index is 1.89. The first kappa shape index (κ1) is 21.4. The highest BCUT2D eigenvalue weighted by atomic mass is 16.5. The largest absolute Gasteiger partial charge is 0.507 e. The average Bonchev–Trinajstić information content (AvgIpc) is 3.20. The summed E-state index contributed by atoms with van der Waals surface area (Å²) in [4.78, 5) is 19.9. The Hall–Kier alpha value is -3.42. The number of carbonyl (C=O) groups is 1. The summed E-state index contributed by atoms with van der Waals surface area (Å²) >= 11 is 0. The van der Waals surface area contributed by atoms with Crippen molar-refractivity contribution in [3.63, 3.8) is 0 Å². The first-order chi connectivity index (χ1) is 16.1. The number of furan rings is 1. The number of aryl methyl sites for hydroxylation is 1. The van der Waals surface area contributed by atoms with E-state index in [-0.39, 0.29) is 12.4 Å². The molecule has 7 heteroatoms. The summed E-state index contributed by atoms with van der Waals surface area (Å²) in [5, 5.41) is 13.7. The number of rotatable bonds is 5. The molecule has 1 saturated heterocycles. The van der Waals surface area contributed by atoms with Gasteiger partial charge in [-0.25, -0.2) is 4.79 Å². The molecule has 0 saturated carbocycles. The highest BCUT2D eigenvalue weighted by Crippen LogP contribution is 2.47. The van der Waals surface area contributed by atoms with E-state index in [1.807, 2.05) is 42.5 Å². The zero-order valence-electron chi connectivity index (χ0n) is 18.7. The van der Waals surface area contributed by atoms with E-state index in [4.69, 9.17) is 13.9 Å². The van der Waals surface area contributed by atoms with Crippen LogP contribution in [0.25, 0.3) is 21.7 Å².